The molecule has 160 valence electrons. The van der Waals surface area contributed by atoms with Crippen LogP contribution in [0.3, 0.4) is 0 Å². The first-order chi connectivity index (χ1) is 15.0. The van der Waals surface area contributed by atoms with Crippen molar-refractivity contribution in [1.29, 1.82) is 0 Å². The van der Waals surface area contributed by atoms with Gasteiger partial charge in [-0.2, -0.15) is 12.7 Å². The summed E-state index contributed by atoms with van der Waals surface area (Å²) in [7, 11) is -3.59. The Balaban J connectivity index is 1.20. The molecule has 0 saturated carbocycles. The number of morpholine rings is 1. The summed E-state index contributed by atoms with van der Waals surface area (Å²) in [4.78, 5) is 4.74. The van der Waals surface area contributed by atoms with Gasteiger partial charge in [-0.1, -0.05) is 24.3 Å². The summed E-state index contributed by atoms with van der Waals surface area (Å²) in [5, 5.41) is 4.45. The van der Waals surface area contributed by atoms with Crippen LogP contribution in [0.5, 0.6) is 0 Å². The fourth-order valence-electron chi connectivity index (χ4n) is 5.02. The Morgan fingerprint density at radius 1 is 1.10 bits per heavy atom. The van der Waals surface area contributed by atoms with Gasteiger partial charge < -0.3 is 10.1 Å². The second-order valence-electron chi connectivity index (χ2n) is 8.56. The molecular weight excluding hydrogens is 412 g/mol. The molecule has 0 amide bonds. The molecule has 8 heteroatoms. The molecule has 6 rings (SSSR count). The Bertz CT molecular complexity index is 1260. The number of anilines is 2. The molecule has 0 spiro atoms. The molecule has 0 unspecified atom stereocenters. The Morgan fingerprint density at radius 2 is 2.00 bits per heavy atom. The minimum atomic E-state index is -3.59. The van der Waals surface area contributed by atoms with Crippen molar-refractivity contribution in [2.24, 2.45) is 0 Å². The van der Waals surface area contributed by atoms with Crippen LogP contribution in [-0.4, -0.2) is 43.0 Å². The maximum atomic E-state index is 12.8. The van der Waals surface area contributed by atoms with Gasteiger partial charge in [0, 0.05) is 11.9 Å². The van der Waals surface area contributed by atoms with E-state index in [4.69, 9.17) is 9.72 Å². The molecule has 2 saturated heterocycles. The third kappa shape index (κ3) is 3.44. The second-order valence-corrected chi connectivity index (χ2v) is 10.2. The van der Waals surface area contributed by atoms with E-state index in [1.54, 1.807) is 6.07 Å². The SMILES string of the molecule is O=S(=O)(Nc1ccc2nc(N[C@@H]3CCc4ccccc43)ccc2c1)N1C[C@@H]2C[C@H]1CO2. The topological polar surface area (TPSA) is 83.6 Å². The number of pyridine rings is 1. The molecule has 2 bridgehead atoms. The zero-order chi connectivity index (χ0) is 21.0. The van der Waals surface area contributed by atoms with Crippen LogP contribution >= 0.6 is 0 Å². The molecule has 2 aliphatic heterocycles. The monoisotopic (exact) mass is 436 g/mol. The normalized spacial score (nSPS) is 25.1. The lowest BCUT2D eigenvalue weighted by Gasteiger charge is -2.26. The van der Waals surface area contributed by atoms with Gasteiger partial charge in [0.25, 0.3) is 0 Å². The number of ether oxygens (including phenoxy) is 1. The summed E-state index contributed by atoms with van der Waals surface area (Å²) in [5.74, 6) is 0.829. The van der Waals surface area contributed by atoms with Crippen molar-refractivity contribution in [2.75, 3.05) is 23.2 Å². The summed E-state index contributed by atoms with van der Waals surface area (Å²) in [6.07, 6.45) is 2.95. The van der Waals surface area contributed by atoms with E-state index >= 15 is 0 Å². The van der Waals surface area contributed by atoms with E-state index in [-0.39, 0.29) is 18.2 Å². The largest absolute Gasteiger partial charge is 0.375 e. The van der Waals surface area contributed by atoms with Gasteiger partial charge in [0.2, 0.25) is 0 Å². The molecule has 2 N–H and O–H groups in total. The molecule has 2 aromatic carbocycles. The number of fused-ring (bicyclic) bond motifs is 4. The van der Waals surface area contributed by atoms with E-state index in [1.807, 2.05) is 24.3 Å². The van der Waals surface area contributed by atoms with Gasteiger partial charge in [0.1, 0.15) is 5.82 Å². The summed E-state index contributed by atoms with van der Waals surface area (Å²) in [5.41, 5.74) is 4.11. The Kier molecular flexibility index (Phi) is 4.41. The van der Waals surface area contributed by atoms with Gasteiger partial charge in [-0.25, -0.2) is 4.98 Å². The first-order valence-electron chi connectivity index (χ1n) is 10.7. The minimum Gasteiger partial charge on any atom is -0.375 e. The van der Waals surface area contributed by atoms with Gasteiger partial charge in [-0.3, -0.25) is 4.72 Å². The summed E-state index contributed by atoms with van der Waals surface area (Å²) >= 11 is 0. The zero-order valence-electron chi connectivity index (χ0n) is 17.0. The molecule has 1 aliphatic carbocycles. The molecule has 1 aromatic heterocycles. The highest BCUT2D eigenvalue weighted by atomic mass is 32.2. The Morgan fingerprint density at radius 3 is 2.84 bits per heavy atom. The van der Waals surface area contributed by atoms with Crippen LogP contribution in [0.4, 0.5) is 11.5 Å². The average Bonchev–Trinajstić information content (AvgIpc) is 3.50. The zero-order valence-corrected chi connectivity index (χ0v) is 17.8. The number of nitrogens with zero attached hydrogens (tertiary/aromatic N) is 2. The number of rotatable bonds is 5. The molecule has 31 heavy (non-hydrogen) atoms. The van der Waals surface area contributed by atoms with Crippen molar-refractivity contribution in [3.05, 3.63) is 65.7 Å². The first kappa shape index (κ1) is 19.0. The van der Waals surface area contributed by atoms with Crippen LogP contribution in [0, 0.1) is 0 Å². The van der Waals surface area contributed by atoms with Crippen molar-refractivity contribution >= 4 is 32.6 Å². The van der Waals surface area contributed by atoms with E-state index in [9.17, 15) is 8.42 Å². The van der Waals surface area contributed by atoms with Gasteiger partial charge >= 0.3 is 10.2 Å². The molecule has 3 aromatic rings. The highest BCUT2D eigenvalue weighted by Gasteiger charge is 2.45. The fourth-order valence-corrected chi connectivity index (χ4v) is 6.47. The van der Waals surface area contributed by atoms with Crippen LogP contribution in [0.25, 0.3) is 10.9 Å². The standard InChI is InChI=1S/C23H24N4O3S/c28-31(29,27-13-19-12-18(27)14-30-19)26-17-7-9-21-16(11-17)6-10-23(24-21)25-22-8-5-15-3-1-2-4-20(15)22/h1-4,6-7,9-11,18-19,22,26H,5,8,12-14H2,(H,24,25)/t18-,19-,22+/m0/s1. The number of hydrogen-bond acceptors (Lipinski definition) is 5. The van der Waals surface area contributed by atoms with E-state index in [0.717, 1.165) is 36.0 Å². The number of hydrogen-bond donors (Lipinski definition) is 2. The van der Waals surface area contributed by atoms with Crippen molar-refractivity contribution in [1.82, 2.24) is 9.29 Å². The van der Waals surface area contributed by atoms with Crippen molar-refractivity contribution < 1.29 is 13.2 Å². The average molecular weight is 437 g/mol. The molecule has 3 atom stereocenters. The summed E-state index contributed by atoms with van der Waals surface area (Å²) < 4.78 is 35.4. The van der Waals surface area contributed by atoms with Crippen LogP contribution in [0.15, 0.2) is 54.6 Å². The van der Waals surface area contributed by atoms with Gasteiger partial charge in [-0.15, -0.1) is 0 Å². The Labute approximate surface area is 181 Å². The van der Waals surface area contributed by atoms with Crippen LogP contribution in [0.1, 0.15) is 30.0 Å². The van der Waals surface area contributed by atoms with Crippen LogP contribution in [0.2, 0.25) is 0 Å². The number of aromatic nitrogens is 1. The van der Waals surface area contributed by atoms with Gasteiger partial charge in [0.05, 0.1) is 36.0 Å². The predicted molar refractivity (Wildman–Crippen MR) is 120 cm³/mol. The molecule has 0 radical (unpaired) electrons. The van der Waals surface area contributed by atoms with E-state index in [0.29, 0.717) is 18.8 Å². The lowest BCUT2D eigenvalue weighted by molar-refractivity contribution is 0.0611. The molecule has 3 heterocycles. The smallest absolute Gasteiger partial charge is 0.302 e. The molecule has 3 aliphatic rings. The lowest BCUT2D eigenvalue weighted by atomic mass is 10.1. The molecular formula is C23H24N4O3S. The van der Waals surface area contributed by atoms with E-state index in [1.165, 1.54) is 15.4 Å². The Hall–Kier alpha value is -2.68. The van der Waals surface area contributed by atoms with Gasteiger partial charge in [-0.05, 0) is 60.7 Å². The summed E-state index contributed by atoms with van der Waals surface area (Å²) in [6, 6.07) is 18.1. The van der Waals surface area contributed by atoms with Crippen LogP contribution in [-0.2, 0) is 21.4 Å². The van der Waals surface area contributed by atoms with Crippen molar-refractivity contribution in [3.8, 4) is 0 Å². The van der Waals surface area contributed by atoms with Crippen LogP contribution < -0.4 is 10.0 Å². The highest BCUT2D eigenvalue weighted by Crippen LogP contribution is 2.34. The first-order valence-corrected chi connectivity index (χ1v) is 12.2. The third-order valence-corrected chi connectivity index (χ3v) is 8.11. The summed E-state index contributed by atoms with van der Waals surface area (Å²) in [6.45, 7) is 0.906. The van der Waals surface area contributed by atoms with Crippen molar-refractivity contribution in [3.63, 3.8) is 0 Å². The number of benzene rings is 2. The van der Waals surface area contributed by atoms with Crippen molar-refractivity contribution in [2.45, 2.75) is 37.5 Å². The van der Waals surface area contributed by atoms with E-state index in [2.05, 4.69) is 34.3 Å². The second kappa shape index (κ2) is 7.19. The molecule has 7 nitrogen and oxygen atoms in total. The lowest BCUT2D eigenvalue weighted by Crippen LogP contribution is -2.44. The fraction of sp³-hybridized carbons (Fsp3) is 0.348. The third-order valence-electron chi connectivity index (χ3n) is 6.55. The predicted octanol–water partition coefficient (Wildman–Crippen LogP) is 3.46. The van der Waals surface area contributed by atoms with E-state index < -0.39 is 10.2 Å². The number of aryl methyl sites for hydroxylation is 1. The molecule has 2 fully saturated rings. The quantitative estimate of drug-likeness (QED) is 0.640. The minimum absolute atomic E-state index is 0.0279. The maximum Gasteiger partial charge on any atom is 0.302 e. The van der Waals surface area contributed by atoms with Gasteiger partial charge in [0.15, 0.2) is 0 Å². The highest BCUT2D eigenvalue weighted by molar-refractivity contribution is 7.90. The number of nitrogens with one attached hydrogen (secondary N) is 2. The maximum absolute atomic E-state index is 12.8.